The van der Waals surface area contributed by atoms with E-state index < -0.39 is 24.3 Å². The van der Waals surface area contributed by atoms with E-state index in [0.29, 0.717) is 27.9 Å². The van der Waals surface area contributed by atoms with Crippen LogP contribution in [0.4, 0.5) is 0 Å². The average molecular weight is 381 g/mol. The Kier molecular flexibility index (Phi) is 5.49. The summed E-state index contributed by atoms with van der Waals surface area (Å²) >= 11 is 0. The van der Waals surface area contributed by atoms with E-state index in [1.807, 2.05) is 0 Å². The van der Waals surface area contributed by atoms with Crippen LogP contribution in [0, 0.1) is 13.8 Å². The number of esters is 2. The number of ether oxygens (including phenoxy) is 2. The van der Waals surface area contributed by atoms with Crippen LogP contribution in [0.15, 0.2) is 30.6 Å². The Hall–Kier alpha value is -3.55. The summed E-state index contributed by atoms with van der Waals surface area (Å²) < 4.78 is 10.1. The molecule has 0 saturated heterocycles. The second-order valence-electron chi connectivity index (χ2n) is 6.10. The van der Waals surface area contributed by atoms with E-state index in [9.17, 15) is 14.4 Å². The van der Waals surface area contributed by atoms with Crippen LogP contribution in [0.5, 0.6) is 0 Å². The number of carbonyl (C=O) groups is 3. The Labute approximate surface area is 160 Å². The zero-order chi connectivity index (χ0) is 20.3. The molecule has 0 atom stereocenters. The summed E-state index contributed by atoms with van der Waals surface area (Å²) in [7, 11) is 0. The van der Waals surface area contributed by atoms with Gasteiger partial charge in [-0.05, 0) is 44.5 Å². The van der Waals surface area contributed by atoms with Gasteiger partial charge < -0.3 is 14.5 Å². The van der Waals surface area contributed by atoms with Crippen LogP contribution in [0.25, 0.3) is 11.0 Å². The number of rotatable bonds is 6. The summed E-state index contributed by atoms with van der Waals surface area (Å²) in [6, 6.07) is 4.77. The molecule has 0 radical (unpaired) electrons. The van der Waals surface area contributed by atoms with Gasteiger partial charge in [-0.3, -0.25) is 14.8 Å². The monoisotopic (exact) mass is 381 g/mol. The van der Waals surface area contributed by atoms with Crippen molar-refractivity contribution in [1.82, 2.24) is 15.0 Å². The molecule has 2 aromatic heterocycles. The zero-order valence-corrected chi connectivity index (χ0v) is 15.7. The summed E-state index contributed by atoms with van der Waals surface area (Å²) in [4.78, 5) is 47.9. The lowest BCUT2D eigenvalue weighted by atomic mass is 10.1. The summed E-state index contributed by atoms with van der Waals surface area (Å²) in [5, 5.41) is 0. The number of Topliss-reactive ketones (excluding diaryl/α,β-unsaturated/α-hetero) is 1. The van der Waals surface area contributed by atoms with E-state index >= 15 is 0 Å². The van der Waals surface area contributed by atoms with E-state index in [-0.39, 0.29) is 17.9 Å². The summed E-state index contributed by atoms with van der Waals surface area (Å²) in [6.45, 7) is 4.81. The second kappa shape index (κ2) is 7.99. The minimum absolute atomic E-state index is 0.220. The molecule has 0 spiro atoms. The van der Waals surface area contributed by atoms with Crippen LogP contribution in [-0.2, 0) is 9.47 Å². The van der Waals surface area contributed by atoms with Gasteiger partial charge in [0.1, 0.15) is 0 Å². The minimum Gasteiger partial charge on any atom is -0.462 e. The number of aromatic nitrogens is 3. The molecule has 3 aromatic rings. The summed E-state index contributed by atoms with van der Waals surface area (Å²) in [5.74, 6) is -1.58. The SMILES string of the molecule is CCOC(=O)c1c(C)[nH]c(C(=O)COC(=O)c2ccc3nccnc3c2)c1C. The highest BCUT2D eigenvalue weighted by atomic mass is 16.5. The number of nitrogens with one attached hydrogen (secondary N) is 1. The molecule has 0 unspecified atom stereocenters. The number of benzene rings is 1. The van der Waals surface area contributed by atoms with Crippen molar-refractivity contribution in [2.75, 3.05) is 13.2 Å². The van der Waals surface area contributed by atoms with Crippen LogP contribution in [-0.4, -0.2) is 45.9 Å². The second-order valence-corrected chi connectivity index (χ2v) is 6.10. The Morgan fingerprint density at radius 2 is 1.71 bits per heavy atom. The molecule has 0 aliphatic heterocycles. The first-order chi connectivity index (χ1) is 13.4. The molecule has 0 fully saturated rings. The minimum atomic E-state index is -0.646. The largest absolute Gasteiger partial charge is 0.462 e. The van der Waals surface area contributed by atoms with Crippen LogP contribution in [0.2, 0.25) is 0 Å². The van der Waals surface area contributed by atoms with E-state index in [0.717, 1.165) is 0 Å². The number of H-pyrrole nitrogens is 1. The van der Waals surface area contributed by atoms with Crippen LogP contribution >= 0.6 is 0 Å². The average Bonchev–Trinajstić information content (AvgIpc) is 2.99. The van der Waals surface area contributed by atoms with Crippen molar-refractivity contribution < 1.29 is 23.9 Å². The Balaban J connectivity index is 1.72. The molecular formula is C20H19N3O5. The molecule has 144 valence electrons. The summed E-state index contributed by atoms with van der Waals surface area (Å²) in [6.07, 6.45) is 3.09. The van der Waals surface area contributed by atoms with Crippen molar-refractivity contribution in [3.63, 3.8) is 0 Å². The Morgan fingerprint density at radius 1 is 1.00 bits per heavy atom. The number of aromatic amines is 1. The fourth-order valence-corrected chi connectivity index (χ4v) is 2.92. The lowest BCUT2D eigenvalue weighted by molar-refractivity contribution is 0.0472. The van der Waals surface area contributed by atoms with Crippen molar-refractivity contribution in [2.45, 2.75) is 20.8 Å². The molecule has 3 rings (SSSR count). The smallest absolute Gasteiger partial charge is 0.340 e. The molecular weight excluding hydrogens is 362 g/mol. The molecule has 0 bridgehead atoms. The standard InChI is InChI=1S/C20H19N3O5/c1-4-27-20(26)17-11(2)18(23-12(17)3)16(24)10-28-19(25)13-5-6-14-15(9-13)22-8-7-21-14/h5-9,23H,4,10H2,1-3H3. The highest BCUT2D eigenvalue weighted by molar-refractivity contribution is 6.03. The van der Waals surface area contributed by atoms with Gasteiger partial charge in [-0.1, -0.05) is 0 Å². The van der Waals surface area contributed by atoms with Gasteiger partial charge in [0.2, 0.25) is 5.78 Å². The van der Waals surface area contributed by atoms with Crippen molar-refractivity contribution in [3.05, 3.63) is 58.7 Å². The van der Waals surface area contributed by atoms with E-state index in [1.54, 1.807) is 45.2 Å². The van der Waals surface area contributed by atoms with Crippen molar-refractivity contribution >= 4 is 28.8 Å². The van der Waals surface area contributed by atoms with Gasteiger partial charge in [0.25, 0.3) is 0 Å². The van der Waals surface area contributed by atoms with Gasteiger partial charge in [0.15, 0.2) is 6.61 Å². The predicted molar refractivity (Wildman–Crippen MR) is 100 cm³/mol. The fourth-order valence-electron chi connectivity index (χ4n) is 2.92. The molecule has 2 heterocycles. The molecule has 0 saturated carbocycles. The van der Waals surface area contributed by atoms with Crippen LogP contribution in [0.1, 0.15) is 49.4 Å². The molecule has 8 heteroatoms. The number of hydrogen-bond acceptors (Lipinski definition) is 7. The van der Waals surface area contributed by atoms with Crippen LogP contribution in [0.3, 0.4) is 0 Å². The maximum absolute atomic E-state index is 12.5. The Bertz CT molecular complexity index is 1070. The lowest BCUT2D eigenvalue weighted by Gasteiger charge is -2.05. The maximum Gasteiger partial charge on any atom is 0.340 e. The first-order valence-corrected chi connectivity index (χ1v) is 8.69. The number of nitrogens with zero attached hydrogens (tertiary/aromatic N) is 2. The number of hydrogen-bond donors (Lipinski definition) is 1. The third kappa shape index (κ3) is 3.75. The van der Waals surface area contributed by atoms with Gasteiger partial charge in [0.05, 0.1) is 34.5 Å². The lowest BCUT2D eigenvalue weighted by Crippen LogP contribution is -2.15. The zero-order valence-electron chi connectivity index (χ0n) is 15.7. The van der Waals surface area contributed by atoms with Crippen molar-refractivity contribution in [2.24, 2.45) is 0 Å². The number of ketones is 1. The molecule has 28 heavy (non-hydrogen) atoms. The first kappa shape index (κ1) is 19.2. The normalized spacial score (nSPS) is 10.7. The van der Waals surface area contributed by atoms with Crippen molar-refractivity contribution in [1.29, 1.82) is 0 Å². The number of aryl methyl sites for hydroxylation is 1. The highest BCUT2D eigenvalue weighted by Gasteiger charge is 2.23. The fraction of sp³-hybridized carbons (Fsp3) is 0.250. The maximum atomic E-state index is 12.5. The van der Waals surface area contributed by atoms with E-state index in [4.69, 9.17) is 9.47 Å². The number of fused-ring (bicyclic) bond motifs is 1. The van der Waals surface area contributed by atoms with Crippen LogP contribution < -0.4 is 0 Å². The third-order valence-electron chi connectivity index (χ3n) is 4.24. The molecule has 0 aliphatic rings. The molecule has 8 nitrogen and oxygen atoms in total. The molecule has 0 aliphatic carbocycles. The van der Waals surface area contributed by atoms with Gasteiger partial charge in [-0.2, -0.15) is 0 Å². The van der Waals surface area contributed by atoms with Crippen molar-refractivity contribution in [3.8, 4) is 0 Å². The van der Waals surface area contributed by atoms with Gasteiger partial charge in [-0.15, -0.1) is 0 Å². The van der Waals surface area contributed by atoms with Gasteiger partial charge in [0, 0.05) is 18.1 Å². The quantitative estimate of drug-likeness (QED) is 0.516. The Morgan fingerprint density at radius 3 is 2.43 bits per heavy atom. The van der Waals surface area contributed by atoms with E-state index in [1.165, 1.54) is 6.20 Å². The third-order valence-corrected chi connectivity index (χ3v) is 4.24. The number of carbonyl (C=O) groups excluding carboxylic acids is 3. The summed E-state index contributed by atoms with van der Waals surface area (Å²) in [5.41, 5.74) is 3.02. The predicted octanol–water partition coefficient (Wildman–Crippen LogP) is 2.79. The topological polar surface area (TPSA) is 111 Å². The van der Waals surface area contributed by atoms with Gasteiger partial charge >= 0.3 is 11.9 Å². The first-order valence-electron chi connectivity index (χ1n) is 8.69. The van der Waals surface area contributed by atoms with E-state index in [2.05, 4.69) is 15.0 Å². The molecule has 1 aromatic carbocycles. The van der Waals surface area contributed by atoms with Gasteiger partial charge in [-0.25, -0.2) is 9.59 Å². The molecule has 1 N–H and O–H groups in total. The highest BCUT2D eigenvalue weighted by Crippen LogP contribution is 2.20. The molecule has 0 amide bonds.